The van der Waals surface area contributed by atoms with Crippen molar-refractivity contribution in [3.8, 4) is 0 Å². The molecule has 2 unspecified atom stereocenters. The van der Waals surface area contributed by atoms with E-state index >= 15 is 0 Å². The Morgan fingerprint density at radius 1 is 0.404 bits per heavy atom. The summed E-state index contributed by atoms with van der Waals surface area (Å²) in [5, 5.41) is 32.1. The van der Waals surface area contributed by atoms with Crippen LogP contribution in [0.4, 0.5) is 0 Å². The van der Waals surface area contributed by atoms with Crippen molar-refractivity contribution in [2.24, 2.45) is 5.41 Å². The fraction of sp³-hybridized carbons (Fsp3) is 0.255. The van der Waals surface area contributed by atoms with Crippen molar-refractivity contribution in [1.29, 1.82) is 0 Å². The summed E-state index contributed by atoms with van der Waals surface area (Å²) >= 11 is 0. The van der Waals surface area contributed by atoms with E-state index in [9.17, 15) is 19.8 Å². The Kier molecular flexibility index (Phi) is 13.5. The molecule has 6 heteroatoms. The number of hydrogen-bond acceptors (Lipinski definition) is 4. The highest BCUT2D eigenvalue weighted by molar-refractivity contribution is 6.04. The zero-order valence-corrected chi connectivity index (χ0v) is 32.9. The highest BCUT2D eigenvalue weighted by Gasteiger charge is 2.46. The van der Waals surface area contributed by atoms with Gasteiger partial charge in [0.2, 0.25) is 11.8 Å². The quantitative estimate of drug-likeness (QED) is 0.0671. The van der Waals surface area contributed by atoms with Crippen LogP contribution in [0.3, 0.4) is 0 Å². The number of carbonyl (C=O) groups excluding carboxylic acids is 2. The lowest BCUT2D eigenvalue weighted by molar-refractivity contribution is -0.145. The molecule has 0 saturated carbocycles. The first kappa shape index (κ1) is 40.8. The Bertz CT molecular complexity index is 1890. The molecule has 2 amide bonds. The molecule has 0 saturated heterocycles. The van der Waals surface area contributed by atoms with Gasteiger partial charge in [0.1, 0.15) is 5.41 Å². The molecule has 6 rings (SSSR count). The van der Waals surface area contributed by atoms with Crippen LogP contribution in [0.5, 0.6) is 0 Å². The smallest absolute Gasteiger partial charge is 0.235 e. The number of carbonyl (C=O) groups is 2. The molecule has 0 radical (unpaired) electrons. The molecular weight excluding hydrogens is 705 g/mol. The van der Waals surface area contributed by atoms with Gasteiger partial charge in [0.25, 0.3) is 0 Å². The van der Waals surface area contributed by atoms with Crippen LogP contribution in [0.1, 0.15) is 47.2 Å². The van der Waals surface area contributed by atoms with Gasteiger partial charge in [-0.25, -0.2) is 0 Å². The minimum absolute atomic E-state index is 0.276. The maximum absolute atomic E-state index is 14.7. The second kappa shape index (κ2) is 18.9. The molecule has 0 aliphatic carbocycles. The topological polar surface area (TPSA) is 98.7 Å². The van der Waals surface area contributed by atoms with Crippen molar-refractivity contribution in [2.75, 3.05) is 0 Å². The summed E-state index contributed by atoms with van der Waals surface area (Å²) in [6.07, 6.45) is 1.78. The first-order valence-corrected chi connectivity index (χ1v) is 19.8. The normalized spacial score (nSPS) is 13.0. The van der Waals surface area contributed by atoms with E-state index in [4.69, 9.17) is 0 Å². The van der Waals surface area contributed by atoms with Gasteiger partial charge >= 0.3 is 0 Å². The first-order valence-electron chi connectivity index (χ1n) is 19.8. The zero-order valence-electron chi connectivity index (χ0n) is 32.9. The molecule has 6 aromatic rings. The largest absolute Gasteiger partial charge is 0.387 e. The van der Waals surface area contributed by atoms with Crippen LogP contribution >= 0.6 is 0 Å². The second-order valence-corrected chi connectivity index (χ2v) is 15.9. The summed E-state index contributed by atoms with van der Waals surface area (Å²) in [4.78, 5) is 29.4. The number of rotatable bonds is 18. The standard InChI is InChI=1S/C51H54N2O4/c1-49(2,47(54)52-45(33-39-21-9-3-10-22-39)50(56,35-41-25-13-5-14-26-41)36-42-27-15-6-16-28-42)48(55)53-46(34-40-23-11-4-12-24-40)51(57,37-43-29-17-7-18-30-43)38-44-31-19-8-20-32-44/h3-32,45-46,56-57H,33-38H2,1-2H3,(H,52,54)(H,53,55). The maximum atomic E-state index is 14.7. The molecule has 6 nitrogen and oxygen atoms in total. The van der Waals surface area contributed by atoms with E-state index in [1.807, 2.05) is 182 Å². The number of hydrogen-bond donors (Lipinski definition) is 4. The van der Waals surface area contributed by atoms with Gasteiger partial charge in [0, 0.05) is 25.7 Å². The minimum atomic E-state index is -1.59. The van der Waals surface area contributed by atoms with Gasteiger partial charge in [0.15, 0.2) is 0 Å². The lowest BCUT2D eigenvalue weighted by Crippen LogP contribution is -2.62. The van der Waals surface area contributed by atoms with Crippen molar-refractivity contribution < 1.29 is 19.8 Å². The summed E-state index contributed by atoms with van der Waals surface area (Å²) in [6.45, 7) is 3.22. The Hall–Kier alpha value is -5.82. The maximum Gasteiger partial charge on any atom is 0.235 e. The predicted octanol–water partition coefficient (Wildman–Crippen LogP) is 7.90. The van der Waals surface area contributed by atoms with E-state index in [0.29, 0.717) is 12.8 Å². The molecule has 0 aliphatic heterocycles. The van der Waals surface area contributed by atoms with E-state index in [1.165, 1.54) is 0 Å². The fourth-order valence-electron chi connectivity index (χ4n) is 7.65. The average Bonchev–Trinajstić information content (AvgIpc) is 3.22. The van der Waals surface area contributed by atoms with Crippen LogP contribution in [0, 0.1) is 5.41 Å². The van der Waals surface area contributed by atoms with Crippen LogP contribution in [-0.2, 0) is 48.1 Å². The molecule has 292 valence electrons. The van der Waals surface area contributed by atoms with Crippen LogP contribution in [0.15, 0.2) is 182 Å². The van der Waals surface area contributed by atoms with Gasteiger partial charge in [-0.2, -0.15) is 0 Å². The van der Waals surface area contributed by atoms with E-state index in [2.05, 4.69) is 10.6 Å². The third-order valence-corrected chi connectivity index (χ3v) is 11.0. The van der Waals surface area contributed by atoms with E-state index in [0.717, 1.165) is 33.4 Å². The summed E-state index contributed by atoms with van der Waals surface area (Å²) in [7, 11) is 0. The third kappa shape index (κ3) is 11.2. The van der Waals surface area contributed by atoms with Crippen molar-refractivity contribution in [3.05, 3.63) is 215 Å². The minimum Gasteiger partial charge on any atom is -0.387 e. The number of nitrogens with one attached hydrogen (secondary N) is 2. The van der Waals surface area contributed by atoms with Gasteiger partial charge in [-0.15, -0.1) is 0 Å². The van der Waals surface area contributed by atoms with Crippen molar-refractivity contribution in [3.63, 3.8) is 0 Å². The average molecular weight is 759 g/mol. The summed E-state index contributed by atoms with van der Waals surface area (Å²) < 4.78 is 0. The molecular formula is C51H54N2O4. The van der Waals surface area contributed by atoms with Crippen LogP contribution in [0.2, 0.25) is 0 Å². The summed E-state index contributed by atoms with van der Waals surface area (Å²) in [6, 6.07) is 57.2. The van der Waals surface area contributed by atoms with E-state index in [1.54, 1.807) is 13.8 Å². The van der Waals surface area contributed by atoms with Crippen molar-refractivity contribution >= 4 is 11.8 Å². The van der Waals surface area contributed by atoms with E-state index < -0.39 is 40.5 Å². The lowest BCUT2D eigenvalue weighted by Gasteiger charge is -2.40. The Morgan fingerprint density at radius 3 is 0.842 bits per heavy atom. The Balaban J connectivity index is 1.33. The molecule has 4 N–H and O–H groups in total. The molecule has 0 heterocycles. The van der Waals surface area contributed by atoms with Gasteiger partial charge in [-0.3, -0.25) is 9.59 Å². The molecule has 0 fully saturated rings. The molecule has 0 bridgehead atoms. The molecule has 6 aromatic carbocycles. The van der Waals surface area contributed by atoms with Gasteiger partial charge in [0.05, 0.1) is 23.3 Å². The number of benzene rings is 6. The van der Waals surface area contributed by atoms with Gasteiger partial charge < -0.3 is 20.8 Å². The fourth-order valence-corrected chi connectivity index (χ4v) is 7.65. The highest BCUT2D eigenvalue weighted by Crippen LogP contribution is 2.30. The van der Waals surface area contributed by atoms with Crippen molar-refractivity contribution in [2.45, 2.75) is 75.7 Å². The highest BCUT2D eigenvalue weighted by atomic mass is 16.3. The molecule has 57 heavy (non-hydrogen) atoms. The number of aliphatic hydroxyl groups is 2. The zero-order chi connectivity index (χ0) is 40.1. The Labute approximate surface area is 337 Å². The SMILES string of the molecule is CC(C)(C(=O)NC(Cc1ccccc1)C(O)(Cc1ccccc1)Cc1ccccc1)C(=O)NC(Cc1ccccc1)C(O)(Cc1ccccc1)Cc1ccccc1. The summed E-state index contributed by atoms with van der Waals surface area (Å²) in [5.74, 6) is -1.04. The van der Waals surface area contributed by atoms with Crippen LogP contribution < -0.4 is 10.6 Å². The molecule has 0 aliphatic rings. The predicted molar refractivity (Wildman–Crippen MR) is 228 cm³/mol. The van der Waals surface area contributed by atoms with Gasteiger partial charge in [-0.1, -0.05) is 182 Å². The van der Waals surface area contributed by atoms with Gasteiger partial charge in [-0.05, 0) is 60.1 Å². The first-order chi connectivity index (χ1) is 27.5. The van der Waals surface area contributed by atoms with Crippen LogP contribution in [-0.4, -0.2) is 45.3 Å². The van der Waals surface area contributed by atoms with E-state index in [-0.39, 0.29) is 25.7 Å². The second-order valence-electron chi connectivity index (χ2n) is 15.9. The monoisotopic (exact) mass is 758 g/mol. The third-order valence-electron chi connectivity index (χ3n) is 11.0. The number of amides is 2. The molecule has 0 aromatic heterocycles. The Morgan fingerprint density at radius 2 is 0.614 bits per heavy atom. The van der Waals surface area contributed by atoms with Crippen molar-refractivity contribution in [1.82, 2.24) is 10.6 Å². The lowest BCUT2D eigenvalue weighted by atomic mass is 9.77. The molecule has 0 spiro atoms. The van der Waals surface area contributed by atoms with Crippen LogP contribution in [0.25, 0.3) is 0 Å². The summed E-state index contributed by atoms with van der Waals surface area (Å²) in [5.41, 5.74) is 1.16. The molecule has 2 atom stereocenters.